The van der Waals surface area contributed by atoms with E-state index in [4.69, 9.17) is 0 Å². The summed E-state index contributed by atoms with van der Waals surface area (Å²) in [5, 5.41) is 3.41. The Hall–Kier alpha value is -1.93. The Kier molecular flexibility index (Phi) is 4.68. The molecule has 0 aliphatic rings. The molecule has 92 valence electrons. The maximum Gasteiger partial charge on any atom is 0.0270 e. The summed E-state index contributed by atoms with van der Waals surface area (Å²) in [6.45, 7) is 5.88. The normalized spacial score (nSPS) is 10.2. The first-order chi connectivity index (χ1) is 8.86. The number of hydrogen-bond donors (Lipinski definition) is 1. The van der Waals surface area contributed by atoms with Crippen molar-refractivity contribution in [3.05, 3.63) is 72.6 Å². The lowest BCUT2D eigenvalue weighted by Crippen LogP contribution is -2.19. The molecule has 0 saturated carbocycles. The van der Waals surface area contributed by atoms with E-state index in [-0.39, 0.29) is 0 Å². The fourth-order valence-corrected chi connectivity index (χ4v) is 1.80. The van der Waals surface area contributed by atoms with Gasteiger partial charge in [-0.3, -0.25) is 4.98 Å². The van der Waals surface area contributed by atoms with Crippen molar-refractivity contribution in [1.29, 1.82) is 0 Å². The molecule has 1 heterocycles. The Bertz CT molecular complexity index is 477. The van der Waals surface area contributed by atoms with E-state index in [0.29, 0.717) is 0 Å². The molecular weight excluding hydrogens is 220 g/mol. The first-order valence-corrected chi connectivity index (χ1v) is 6.19. The molecule has 1 aromatic carbocycles. The van der Waals surface area contributed by atoms with Crippen molar-refractivity contribution in [2.75, 3.05) is 13.1 Å². The smallest absolute Gasteiger partial charge is 0.0270 e. The average molecular weight is 238 g/mol. The van der Waals surface area contributed by atoms with Crippen molar-refractivity contribution in [1.82, 2.24) is 10.3 Å². The Labute approximate surface area is 108 Å². The molecule has 1 aromatic heterocycles. The fraction of sp³-hybridized carbons (Fsp3) is 0.188. The Morgan fingerprint density at radius 1 is 1.06 bits per heavy atom. The zero-order valence-corrected chi connectivity index (χ0v) is 10.5. The summed E-state index contributed by atoms with van der Waals surface area (Å²) in [6, 6.07) is 14.4. The van der Waals surface area contributed by atoms with Gasteiger partial charge in [-0.1, -0.05) is 36.9 Å². The van der Waals surface area contributed by atoms with Crippen LogP contribution < -0.4 is 5.32 Å². The maximum atomic E-state index is 4.10. The van der Waals surface area contributed by atoms with E-state index >= 15 is 0 Å². The van der Waals surface area contributed by atoms with Crippen LogP contribution in [0.25, 0.3) is 5.57 Å². The van der Waals surface area contributed by atoms with Gasteiger partial charge in [-0.15, -0.1) is 0 Å². The molecule has 18 heavy (non-hydrogen) atoms. The monoisotopic (exact) mass is 238 g/mol. The summed E-state index contributed by atoms with van der Waals surface area (Å²) in [5.41, 5.74) is 3.64. The van der Waals surface area contributed by atoms with Gasteiger partial charge in [0, 0.05) is 18.9 Å². The van der Waals surface area contributed by atoms with Crippen molar-refractivity contribution >= 4 is 5.57 Å². The van der Waals surface area contributed by atoms with Gasteiger partial charge in [-0.05, 0) is 41.8 Å². The minimum absolute atomic E-state index is 0.828. The molecule has 0 bridgehead atoms. The van der Waals surface area contributed by atoms with E-state index in [0.717, 1.165) is 25.1 Å². The van der Waals surface area contributed by atoms with E-state index in [9.17, 15) is 0 Å². The molecule has 0 unspecified atom stereocenters. The Balaban J connectivity index is 1.72. The van der Waals surface area contributed by atoms with Gasteiger partial charge in [0.25, 0.3) is 0 Å². The molecule has 0 spiro atoms. The summed E-state index contributed by atoms with van der Waals surface area (Å²) >= 11 is 0. The molecule has 2 rings (SSSR count). The third-order valence-electron chi connectivity index (χ3n) is 2.86. The molecule has 2 heteroatoms. The van der Waals surface area contributed by atoms with E-state index in [2.05, 4.69) is 29.0 Å². The molecule has 2 aromatic rings. The molecule has 1 N–H and O–H groups in total. The van der Waals surface area contributed by atoms with E-state index in [1.807, 2.05) is 42.7 Å². The van der Waals surface area contributed by atoms with Crippen molar-refractivity contribution < 1.29 is 0 Å². The van der Waals surface area contributed by atoms with Gasteiger partial charge >= 0.3 is 0 Å². The van der Waals surface area contributed by atoms with Gasteiger partial charge in [0.2, 0.25) is 0 Å². The lowest BCUT2D eigenvalue weighted by molar-refractivity contribution is 0.751. The van der Waals surface area contributed by atoms with Crippen molar-refractivity contribution in [3.8, 4) is 0 Å². The minimum atomic E-state index is 0.828. The number of rotatable bonds is 6. The number of nitrogens with zero attached hydrogens (tertiary/aromatic N) is 1. The predicted octanol–water partition coefficient (Wildman–Crippen LogP) is 2.93. The van der Waals surface area contributed by atoms with E-state index in [1.54, 1.807) is 0 Å². The van der Waals surface area contributed by atoms with Crippen molar-refractivity contribution in [3.63, 3.8) is 0 Å². The highest BCUT2D eigenvalue weighted by Crippen LogP contribution is 2.09. The lowest BCUT2D eigenvalue weighted by atomic mass is 10.1. The van der Waals surface area contributed by atoms with Crippen LogP contribution in [-0.4, -0.2) is 18.1 Å². The lowest BCUT2D eigenvalue weighted by Gasteiger charge is -2.08. The Morgan fingerprint density at radius 2 is 1.78 bits per heavy atom. The number of benzene rings is 1. The van der Waals surface area contributed by atoms with Gasteiger partial charge < -0.3 is 5.32 Å². The SMILES string of the molecule is C=C(CNCCc1ccncc1)c1ccccc1. The topological polar surface area (TPSA) is 24.9 Å². The van der Waals surface area contributed by atoms with Crippen LogP contribution >= 0.6 is 0 Å². The standard InChI is InChI=1S/C16H18N2/c1-14(16-5-3-2-4-6-16)13-18-12-9-15-7-10-17-11-8-15/h2-8,10-11,18H,1,9,12-13H2. The third kappa shape index (κ3) is 3.82. The average Bonchev–Trinajstić information content (AvgIpc) is 2.45. The molecule has 0 aliphatic carbocycles. The summed E-state index contributed by atoms with van der Waals surface area (Å²) in [7, 11) is 0. The predicted molar refractivity (Wildman–Crippen MR) is 76.3 cm³/mol. The maximum absolute atomic E-state index is 4.10. The summed E-state index contributed by atoms with van der Waals surface area (Å²) < 4.78 is 0. The highest BCUT2D eigenvalue weighted by molar-refractivity contribution is 5.64. The zero-order valence-electron chi connectivity index (χ0n) is 10.5. The summed E-state index contributed by atoms with van der Waals surface area (Å²) in [5.74, 6) is 0. The van der Waals surface area contributed by atoms with Crippen LogP contribution in [0.15, 0.2) is 61.4 Å². The molecular formula is C16H18N2. The number of hydrogen-bond acceptors (Lipinski definition) is 2. The number of nitrogens with one attached hydrogen (secondary N) is 1. The highest BCUT2D eigenvalue weighted by atomic mass is 14.8. The molecule has 0 fully saturated rings. The summed E-state index contributed by atoms with van der Waals surface area (Å²) in [6.07, 6.45) is 4.68. The van der Waals surface area contributed by atoms with Crippen LogP contribution in [0.4, 0.5) is 0 Å². The van der Waals surface area contributed by atoms with Gasteiger partial charge in [0.15, 0.2) is 0 Å². The molecule has 0 radical (unpaired) electrons. The van der Waals surface area contributed by atoms with Crippen LogP contribution in [0.5, 0.6) is 0 Å². The van der Waals surface area contributed by atoms with E-state index in [1.165, 1.54) is 11.1 Å². The fourth-order valence-electron chi connectivity index (χ4n) is 1.80. The second kappa shape index (κ2) is 6.72. The van der Waals surface area contributed by atoms with Crippen molar-refractivity contribution in [2.45, 2.75) is 6.42 Å². The van der Waals surface area contributed by atoms with Crippen LogP contribution in [0.3, 0.4) is 0 Å². The van der Waals surface area contributed by atoms with Crippen LogP contribution in [0.1, 0.15) is 11.1 Å². The molecule has 2 nitrogen and oxygen atoms in total. The highest BCUT2D eigenvalue weighted by Gasteiger charge is 1.97. The second-order valence-electron chi connectivity index (χ2n) is 4.25. The van der Waals surface area contributed by atoms with Gasteiger partial charge in [-0.2, -0.15) is 0 Å². The Morgan fingerprint density at radius 3 is 2.50 bits per heavy atom. The quantitative estimate of drug-likeness (QED) is 0.783. The first kappa shape index (κ1) is 12.5. The second-order valence-corrected chi connectivity index (χ2v) is 4.25. The molecule has 0 aliphatic heterocycles. The van der Waals surface area contributed by atoms with Crippen LogP contribution in [0, 0.1) is 0 Å². The molecule has 0 atom stereocenters. The van der Waals surface area contributed by atoms with Crippen molar-refractivity contribution in [2.24, 2.45) is 0 Å². The largest absolute Gasteiger partial charge is 0.312 e. The van der Waals surface area contributed by atoms with E-state index < -0.39 is 0 Å². The zero-order chi connectivity index (χ0) is 12.6. The molecule has 0 saturated heterocycles. The number of aromatic nitrogens is 1. The van der Waals surface area contributed by atoms with Gasteiger partial charge in [0.05, 0.1) is 0 Å². The van der Waals surface area contributed by atoms with Gasteiger partial charge in [0.1, 0.15) is 0 Å². The number of pyridine rings is 1. The van der Waals surface area contributed by atoms with Gasteiger partial charge in [-0.25, -0.2) is 0 Å². The minimum Gasteiger partial charge on any atom is -0.312 e. The first-order valence-electron chi connectivity index (χ1n) is 6.19. The summed E-state index contributed by atoms with van der Waals surface area (Å²) in [4.78, 5) is 4.01. The van der Waals surface area contributed by atoms with Crippen LogP contribution in [0.2, 0.25) is 0 Å². The third-order valence-corrected chi connectivity index (χ3v) is 2.86. The van der Waals surface area contributed by atoms with Crippen LogP contribution in [-0.2, 0) is 6.42 Å². The molecule has 0 amide bonds.